The zero-order chi connectivity index (χ0) is 21.3. The first-order valence-electron chi connectivity index (χ1n) is 11.9. The van der Waals surface area contributed by atoms with Gasteiger partial charge in [-0.25, -0.2) is 0 Å². The smallest absolute Gasteiger partial charge is 0.388 e. The Labute approximate surface area is 185 Å². The molecule has 0 saturated heterocycles. The Bertz CT molecular complexity index is 645. The maximum atomic E-state index is 6.70. The van der Waals surface area contributed by atoms with Crippen molar-refractivity contribution in [1.29, 1.82) is 0 Å². The Kier molecular flexibility index (Phi) is 12.4. The van der Waals surface area contributed by atoms with Crippen molar-refractivity contribution in [3.05, 3.63) is 72.8 Å². The van der Waals surface area contributed by atoms with Gasteiger partial charge in [-0.2, -0.15) is 0 Å². The van der Waals surface area contributed by atoms with Crippen LogP contribution in [0.1, 0.15) is 71.6 Å². The lowest BCUT2D eigenvalue weighted by Gasteiger charge is -2.31. The van der Waals surface area contributed by atoms with E-state index in [2.05, 4.69) is 86.7 Å². The third-order valence-electron chi connectivity index (χ3n) is 5.34. The normalized spacial score (nSPS) is 11.9. The zero-order valence-electron chi connectivity index (χ0n) is 19.0. The molecule has 3 heteroatoms. The molecule has 0 saturated carbocycles. The number of hydrogen-bond acceptors (Lipinski definition) is 2. The Hall–Kier alpha value is -1.68. The summed E-state index contributed by atoms with van der Waals surface area (Å²) in [6, 6.07) is 21.2. The molecule has 164 valence electrons. The van der Waals surface area contributed by atoms with Gasteiger partial charge >= 0.3 is 8.56 Å². The molecule has 30 heavy (non-hydrogen) atoms. The monoisotopic (exact) mass is 424 g/mol. The third-order valence-corrected chi connectivity index (χ3v) is 8.75. The van der Waals surface area contributed by atoms with Crippen molar-refractivity contribution in [2.75, 3.05) is 13.2 Å². The average Bonchev–Trinajstić information content (AvgIpc) is 2.80. The lowest BCUT2D eigenvalue weighted by molar-refractivity contribution is 0.190. The lowest BCUT2D eigenvalue weighted by atomic mass is 10.2. The zero-order valence-corrected chi connectivity index (χ0v) is 20.0. The van der Waals surface area contributed by atoms with E-state index in [9.17, 15) is 0 Å². The molecule has 0 heterocycles. The number of unbranched alkanes of at least 4 members (excludes halogenated alkanes) is 6. The van der Waals surface area contributed by atoms with Crippen LogP contribution in [0.3, 0.4) is 0 Å². The average molecular weight is 425 g/mol. The molecule has 0 aliphatic rings. The van der Waals surface area contributed by atoms with Gasteiger partial charge in [0.15, 0.2) is 0 Å². The molecule has 0 aliphatic carbocycles. The maximum Gasteiger partial charge on any atom is 0.407 e. The van der Waals surface area contributed by atoms with E-state index in [1.807, 2.05) is 0 Å². The maximum absolute atomic E-state index is 6.70. The van der Waals surface area contributed by atoms with Crippen LogP contribution in [0, 0.1) is 0 Å². The molecule has 0 spiro atoms. The fourth-order valence-electron chi connectivity index (χ4n) is 3.62. The molecular weight excluding hydrogens is 384 g/mol. The third kappa shape index (κ3) is 8.21. The minimum atomic E-state index is -2.72. The molecule has 2 aromatic carbocycles. The second-order valence-electron chi connectivity index (χ2n) is 7.86. The van der Waals surface area contributed by atoms with Crippen LogP contribution in [0.5, 0.6) is 0 Å². The summed E-state index contributed by atoms with van der Waals surface area (Å²) in [5, 5.41) is 2.39. The van der Waals surface area contributed by atoms with Crippen LogP contribution in [-0.2, 0) is 8.85 Å². The van der Waals surface area contributed by atoms with Gasteiger partial charge in [-0.1, -0.05) is 119 Å². The first kappa shape index (κ1) is 24.6. The number of rotatable bonds is 16. The Morgan fingerprint density at radius 2 is 1.13 bits per heavy atom. The van der Waals surface area contributed by atoms with E-state index in [0.29, 0.717) is 6.61 Å². The summed E-state index contributed by atoms with van der Waals surface area (Å²) >= 11 is 0. The van der Waals surface area contributed by atoms with E-state index in [0.717, 1.165) is 19.4 Å². The standard InChI is InChI=1S/C27H40O2Si/c1-3-5-7-9-10-11-19-25-29-30(26-20-14-12-15-21-26,27-22-16-13-17-23-27)28-24-18-8-6-4-2/h10-17,20-23H,3-9,18-19,24-25H2,1-2H3/b11-10+. The summed E-state index contributed by atoms with van der Waals surface area (Å²) in [4.78, 5) is 0. The lowest BCUT2D eigenvalue weighted by Crippen LogP contribution is -2.63. The first-order valence-corrected chi connectivity index (χ1v) is 13.7. The van der Waals surface area contributed by atoms with E-state index in [1.54, 1.807) is 0 Å². The van der Waals surface area contributed by atoms with Gasteiger partial charge in [-0.05, 0) is 36.1 Å². The van der Waals surface area contributed by atoms with Crippen molar-refractivity contribution >= 4 is 18.9 Å². The van der Waals surface area contributed by atoms with E-state index in [1.165, 1.54) is 55.3 Å². The highest BCUT2D eigenvalue weighted by Gasteiger charge is 2.42. The largest absolute Gasteiger partial charge is 0.407 e. The van der Waals surface area contributed by atoms with Gasteiger partial charge in [0.1, 0.15) is 0 Å². The van der Waals surface area contributed by atoms with Gasteiger partial charge < -0.3 is 8.85 Å². The Morgan fingerprint density at radius 1 is 0.600 bits per heavy atom. The molecule has 0 aromatic heterocycles. The van der Waals surface area contributed by atoms with Crippen molar-refractivity contribution in [1.82, 2.24) is 0 Å². The van der Waals surface area contributed by atoms with Gasteiger partial charge in [0.25, 0.3) is 0 Å². The van der Waals surface area contributed by atoms with Crippen LogP contribution < -0.4 is 10.4 Å². The molecule has 2 aromatic rings. The van der Waals surface area contributed by atoms with E-state index < -0.39 is 8.56 Å². The van der Waals surface area contributed by atoms with Gasteiger partial charge in [0.05, 0.1) is 0 Å². The molecule has 0 atom stereocenters. The topological polar surface area (TPSA) is 18.5 Å². The Morgan fingerprint density at radius 3 is 1.73 bits per heavy atom. The minimum Gasteiger partial charge on any atom is -0.388 e. The quantitative estimate of drug-likeness (QED) is 0.177. The predicted molar refractivity (Wildman–Crippen MR) is 132 cm³/mol. The molecule has 0 fully saturated rings. The summed E-state index contributed by atoms with van der Waals surface area (Å²) in [6.45, 7) is 5.93. The van der Waals surface area contributed by atoms with Crippen molar-refractivity contribution in [2.45, 2.75) is 71.6 Å². The van der Waals surface area contributed by atoms with Crippen molar-refractivity contribution in [3.8, 4) is 0 Å². The van der Waals surface area contributed by atoms with Gasteiger partial charge in [0, 0.05) is 13.2 Å². The summed E-state index contributed by atoms with van der Waals surface area (Å²) in [6.07, 6.45) is 15.3. The molecule has 0 amide bonds. The minimum absolute atomic E-state index is 0.690. The molecule has 0 radical (unpaired) electrons. The fraction of sp³-hybridized carbons (Fsp3) is 0.481. The summed E-state index contributed by atoms with van der Waals surface area (Å²) < 4.78 is 13.4. The van der Waals surface area contributed by atoms with Crippen LogP contribution in [0.2, 0.25) is 0 Å². The van der Waals surface area contributed by atoms with Gasteiger partial charge in [0.2, 0.25) is 0 Å². The predicted octanol–water partition coefficient (Wildman–Crippen LogP) is 6.38. The highest BCUT2D eigenvalue weighted by molar-refractivity contribution is 6.92. The molecule has 0 bridgehead atoms. The summed E-state index contributed by atoms with van der Waals surface area (Å²) in [5.74, 6) is 0. The Balaban J connectivity index is 2.12. The number of allylic oxidation sites excluding steroid dienone is 1. The van der Waals surface area contributed by atoms with Crippen LogP contribution in [0.15, 0.2) is 72.8 Å². The second-order valence-corrected chi connectivity index (χ2v) is 10.8. The van der Waals surface area contributed by atoms with Gasteiger partial charge in [-0.15, -0.1) is 0 Å². The molecule has 2 rings (SSSR count). The van der Waals surface area contributed by atoms with Crippen molar-refractivity contribution < 1.29 is 8.85 Å². The summed E-state index contributed by atoms with van der Waals surface area (Å²) in [5.41, 5.74) is 0. The van der Waals surface area contributed by atoms with E-state index >= 15 is 0 Å². The molecular formula is C27H40O2Si. The SMILES string of the molecule is CCCCC/C=C/CCO[Si](OCCCCCC)(c1ccccc1)c1ccccc1. The van der Waals surface area contributed by atoms with Crippen molar-refractivity contribution in [3.63, 3.8) is 0 Å². The molecule has 0 aliphatic heterocycles. The van der Waals surface area contributed by atoms with Crippen LogP contribution in [0.25, 0.3) is 0 Å². The number of benzene rings is 2. The molecule has 0 unspecified atom stereocenters. The van der Waals surface area contributed by atoms with Crippen LogP contribution in [0.4, 0.5) is 0 Å². The van der Waals surface area contributed by atoms with Crippen LogP contribution in [-0.4, -0.2) is 21.8 Å². The molecule has 0 N–H and O–H groups in total. The van der Waals surface area contributed by atoms with E-state index in [4.69, 9.17) is 8.85 Å². The first-order chi connectivity index (χ1) is 14.8. The highest BCUT2D eigenvalue weighted by Crippen LogP contribution is 2.13. The highest BCUT2D eigenvalue weighted by atomic mass is 28.4. The van der Waals surface area contributed by atoms with Crippen LogP contribution >= 0.6 is 0 Å². The van der Waals surface area contributed by atoms with E-state index in [-0.39, 0.29) is 0 Å². The van der Waals surface area contributed by atoms with Gasteiger partial charge in [-0.3, -0.25) is 0 Å². The second kappa shape index (κ2) is 15.2. The summed E-state index contributed by atoms with van der Waals surface area (Å²) in [7, 11) is -2.72. The fourth-order valence-corrected chi connectivity index (χ4v) is 6.80. The van der Waals surface area contributed by atoms with Crippen molar-refractivity contribution in [2.24, 2.45) is 0 Å². The number of hydrogen-bond donors (Lipinski definition) is 0. The molecule has 2 nitrogen and oxygen atoms in total.